The average molecular weight is 247 g/mol. The molecule has 0 amide bonds. The van der Waals surface area contributed by atoms with E-state index in [0.29, 0.717) is 18.1 Å². The molecule has 0 aliphatic carbocycles. The van der Waals surface area contributed by atoms with Gasteiger partial charge >= 0.3 is 0 Å². The molecule has 0 spiro atoms. The van der Waals surface area contributed by atoms with Gasteiger partial charge < -0.3 is 9.47 Å². The van der Waals surface area contributed by atoms with Gasteiger partial charge in [-0.1, -0.05) is 19.9 Å². The summed E-state index contributed by atoms with van der Waals surface area (Å²) >= 11 is 0. The molecule has 1 rings (SSSR count). The van der Waals surface area contributed by atoms with Gasteiger partial charge in [0.1, 0.15) is 5.75 Å². The highest BCUT2D eigenvalue weighted by Gasteiger charge is 1.97. The summed E-state index contributed by atoms with van der Waals surface area (Å²) < 4.78 is 11.0. The molecule has 3 nitrogen and oxygen atoms in total. The molecular formula is C15H21NO2. The number of benzene rings is 1. The van der Waals surface area contributed by atoms with Crippen LogP contribution in [0.1, 0.15) is 32.3 Å². The number of nitrogens with zero attached hydrogens (tertiary/aromatic N) is 1. The van der Waals surface area contributed by atoms with E-state index in [4.69, 9.17) is 14.7 Å². The van der Waals surface area contributed by atoms with Crippen LogP contribution in [0.2, 0.25) is 0 Å². The number of ether oxygens (including phenoxy) is 2. The summed E-state index contributed by atoms with van der Waals surface area (Å²) in [4.78, 5) is 0. The van der Waals surface area contributed by atoms with Crippen LogP contribution in [0, 0.1) is 17.2 Å². The predicted molar refractivity (Wildman–Crippen MR) is 71.5 cm³/mol. The molecule has 0 unspecified atom stereocenters. The summed E-state index contributed by atoms with van der Waals surface area (Å²) in [5.41, 5.74) is 0.626. The fourth-order valence-corrected chi connectivity index (χ4v) is 1.43. The second kappa shape index (κ2) is 8.54. The molecule has 0 bridgehead atoms. The van der Waals surface area contributed by atoms with Gasteiger partial charge in [0.2, 0.25) is 0 Å². The zero-order valence-corrected chi connectivity index (χ0v) is 11.2. The molecule has 1 aromatic carbocycles. The van der Waals surface area contributed by atoms with Crippen LogP contribution in [0.4, 0.5) is 0 Å². The molecule has 3 heteroatoms. The first kappa shape index (κ1) is 14.5. The first-order valence-electron chi connectivity index (χ1n) is 6.43. The molecule has 0 aromatic heterocycles. The van der Waals surface area contributed by atoms with E-state index in [2.05, 4.69) is 19.9 Å². The van der Waals surface area contributed by atoms with Gasteiger partial charge in [-0.25, -0.2) is 0 Å². The maximum Gasteiger partial charge on any atom is 0.120 e. The van der Waals surface area contributed by atoms with Crippen molar-refractivity contribution in [3.05, 3.63) is 29.8 Å². The number of rotatable bonds is 8. The van der Waals surface area contributed by atoms with E-state index in [1.807, 2.05) is 12.1 Å². The lowest BCUT2D eigenvalue weighted by Gasteiger charge is -2.08. The molecule has 18 heavy (non-hydrogen) atoms. The molecule has 0 saturated carbocycles. The fraction of sp³-hybridized carbons (Fsp3) is 0.533. The van der Waals surface area contributed by atoms with Crippen molar-refractivity contribution in [2.75, 3.05) is 19.8 Å². The largest absolute Gasteiger partial charge is 0.493 e. The summed E-state index contributed by atoms with van der Waals surface area (Å²) in [5, 5.41) is 8.75. The molecule has 0 radical (unpaired) electrons. The first-order chi connectivity index (χ1) is 8.72. The van der Waals surface area contributed by atoms with Crippen LogP contribution in [0.5, 0.6) is 5.75 Å². The van der Waals surface area contributed by atoms with E-state index in [-0.39, 0.29) is 0 Å². The zero-order valence-electron chi connectivity index (χ0n) is 11.2. The Hall–Kier alpha value is -1.53. The second-order valence-corrected chi connectivity index (χ2v) is 4.64. The molecule has 0 saturated heterocycles. The molecule has 0 N–H and O–H groups in total. The number of hydrogen-bond donors (Lipinski definition) is 0. The summed E-state index contributed by atoms with van der Waals surface area (Å²) in [5.74, 6) is 1.44. The Bertz CT molecular complexity index is 382. The third kappa shape index (κ3) is 6.27. The molecule has 0 heterocycles. The van der Waals surface area contributed by atoms with E-state index in [0.717, 1.165) is 31.8 Å². The molecule has 0 atom stereocenters. The number of hydrogen-bond acceptors (Lipinski definition) is 3. The third-order valence-electron chi connectivity index (χ3n) is 2.50. The van der Waals surface area contributed by atoms with Crippen LogP contribution in [-0.2, 0) is 4.74 Å². The van der Waals surface area contributed by atoms with Gasteiger partial charge in [0.25, 0.3) is 0 Å². The van der Waals surface area contributed by atoms with Gasteiger partial charge in [-0.05, 0) is 30.5 Å². The first-order valence-corrected chi connectivity index (χ1v) is 6.43. The smallest absolute Gasteiger partial charge is 0.120 e. The standard InChI is InChI=1S/C15H21NO2/c1-13(2)7-10-17-8-4-9-18-15-6-3-5-14(11-15)12-16/h3,5-6,11,13H,4,7-10H2,1-2H3. The quantitative estimate of drug-likeness (QED) is 0.661. The van der Waals surface area contributed by atoms with Crippen molar-refractivity contribution >= 4 is 0 Å². The van der Waals surface area contributed by atoms with Crippen LogP contribution in [0.3, 0.4) is 0 Å². The monoisotopic (exact) mass is 247 g/mol. The lowest BCUT2D eigenvalue weighted by atomic mass is 10.1. The van der Waals surface area contributed by atoms with Crippen molar-refractivity contribution in [2.45, 2.75) is 26.7 Å². The Kier molecular flexibility index (Phi) is 6.90. The summed E-state index contributed by atoms with van der Waals surface area (Å²) in [6.45, 7) is 6.55. The normalized spacial score (nSPS) is 10.3. The Labute approximate surface area is 109 Å². The van der Waals surface area contributed by atoms with Crippen LogP contribution < -0.4 is 4.74 Å². The van der Waals surface area contributed by atoms with E-state index < -0.39 is 0 Å². The summed E-state index contributed by atoms with van der Waals surface area (Å²) in [6.07, 6.45) is 1.97. The third-order valence-corrected chi connectivity index (χ3v) is 2.50. The zero-order chi connectivity index (χ0) is 13.2. The minimum atomic E-state index is 0.622. The van der Waals surface area contributed by atoms with Crippen molar-refractivity contribution < 1.29 is 9.47 Å². The maximum atomic E-state index is 8.75. The highest BCUT2D eigenvalue weighted by Crippen LogP contribution is 2.12. The van der Waals surface area contributed by atoms with E-state index in [1.165, 1.54) is 0 Å². The lowest BCUT2D eigenvalue weighted by Crippen LogP contribution is -2.05. The SMILES string of the molecule is CC(C)CCOCCCOc1cccc(C#N)c1. The molecule has 0 fully saturated rings. The van der Waals surface area contributed by atoms with Gasteiger partial charge in [0, 0.05) is 19.6 Å². The molecule has 0 aliphatic heterocycles. The van der Waals surface area contributed by atoms with Crippen LogP contribution >= 0.6 is 0 Å². The minimum Gasteiger partial charge on any atom is -0.493 e. The van der Waals surface area contributed by atoms with Crippen molar-refractivity contribution in [1.82, 2.24) is 0 Å². The molecule has 98 valence electrons. The number of nitriles is 1. The Balaban J connectivity index is 2.09. The molecule has 1 aromatic rings. The van der Waals surface area contributed by atoms with Crippen molar-refractivity contribution in [1.29, 1.82) is 5.26 Å². The molecule has 0 aliphatic rings. The van der Waals surface area contributed by atoms with Crippen LogP contribution in [0.25, 0.3) is 0 Å². The second-order valence-electron chi connectivity index (χ2n) is 4.64. The van der Waals surface area contributed by atoms with Gasteiger partial charge in [-0.3, -0.25) is 0 Å². The predicted octanol–water partition coefficient (Wildman–Crippen LogP) is 3.39. The minimum absolute atomic E-state index is 0.622. The highest BCUT2D eigenvalue weighted by atomic mass is 16.5. The summed E-state index contributed by atoms with van der Waals surface area (Å²) in [7, 11) is 0. The molecular weight excluding hydrogens is 226 g/mol. The highest BCUT2D eigenvalue weighted by molar-refractivity contribution is 5.36. The Morgan fingerprint density at radius 1 is 1.22 bits per heavy atom. The lowest BCUT2D eigenvalue weighted by molar-refractivity contribution is 0.110. The van der Waals surface area contributed by atoms with E-state index >= 15 is 0 Å². The van der Waals surface area contributed by atoms with Crippen molar-refractivity contribution in [3.8, 4) is 11.8 Å². The van der Waals surface area contributed by atoms with Gasteiger partial charge in [-0.15, -0.1) is 0 Å². The topological polar surface area (TPSA) is 42.2 Å². The van der Waals surface area contributed by atoms with Gasteiger partial charge in [0.15, 0.2) is 0 Å². The Morgan fingerprint density at radius 2 is 2.06 bits per heavy atom. The van der Waals surface area contributed by atoms with Gasteiger partial charge in [0.05, 0.1) is 18.2 Å². The summed E-state index contributed by atoms with van der Waals surface area (Å²) in [6, 6.07) is 9.29. The van der Waals surface area contributed by atoms with E-state index in [1.54, 1.807) is 12.1 Å². The van der Waals surface area contributed by atoms with Crippen molar-refractivity contribution in [3.63, 3.8) is 0 Å². The maximum absolute atomic E-state index is 8.75. The van der Waals surface area contributed by atoms with Crippen LogP contribution in [0.15, 0.2) is 24.3 Å². The Morgan fingerprint density at radius 3 is 2.78 bits per heavy atom. The van der Waals surface area contributed by atoms with Gasteiger partial charge in [-0.2, -0.15) is 5.26 Å². The average Bonchev–Trinajstić information content (AvgIpc) is 2.37. The van der Waals surface area contributed by atoms with Crippen LogP contribution in [-0.4, -0.2) is 19.8 Å². The van der Waals surface area contributed by atoms with Crippen molar-refractivity contribution in [2.24, 2.45) is 5.92 Å². The fourth-order valence-electron chi connectivity index (χ4n) is 1.43. The van der Waals surface area contributed by atoms with E-state index in [9.17, 15) is 0 Å².